The van der Waals surface area contributed by atoms with E-state index in [2.05, 4.69) is 29.3 Å². The number of nitrogens with zero attached hydrogens (tertiary/aromatic N) is 6. The molecule has 0 saturated carbocycles. The van der Waals surface area contributed by atoms with E-state index in [0.29, 0.717) is 0 Å². The van der Waals surface area contributed by atoms with Gasteiger partial charge in [-0.15, -0.1) is 4.33 Å². The standard InChI is InChI=1S/C13H24N6O7S/c20-6-2-18(3-7-21)12-15-11(14-1-10-27-26-25-24)16-13(17-12)19(4-8-22)5-9-23/h1,20-24H,2-10H2. The zero-order valence-electron chi connectivity index (χ0n) is 14.6. The zero-order valence-corrected chi connectivity index (χ0v) is 15.4. The molecule has 0 fully saturated rings. The van der Waals surface area contributed by atoms with Crippen LogP contribution in [0.2, 0.25) is 0 Å². The lowest BCUT2D eigenvalue weighted by molar-refractivity contribution is -0.432. The molecular formula is C13H24N6O7S. The van der Waals surface area contributed by atoms with Gasteiger partial charge in [0.05, 0.1) is 32.2 Å². The molecule has 0 amide bonds. The van der Waals surface area contributed by atoms with E-state index in [0.717, 1.165) is 12.0 Å². The number of aliphatic imine (C=N–C) groups is 1. The van der Waals surface area contributed by atoms with E-state index in [-0.39, 0.29) is 76.2 Å². The minimum atomic E-state index is -0.175. The van der Waals surface area contributed by atoms with Crippen LogP contribution in [0.3, 0.4) is 0 Å². The van der Waals surface area contributed by atoms with Gasteiger partial charge in [0.25, 0.3) is 5.95 Å². The van der Waals surface area contributed by atoms with E-state index in [9.17, 15) is 20.4 Å². The summed E-state index contributed by atoms with van der Waals surface area (Å²) in [5.74, 6) is 0.630. The van der Waals surface area contributed by atoms with E-state index < -0.39 is 0 Å². The fourth-order valence-corrected chi connectivity index (χ4v) is 2.22. The highest BCUT2D eigenvalue weighted by molar-refractivity contribution is 7.95. The summed E-state index contributed by atoms with van der Waals surface area (Å²) in [6, 6.07) is 0. The molecule has 1 aromatic rings. The van der Waals surface area contributed by atoms with Gasteiger partial charge in [0.15, 0.2) is 0 Å². The van der Waals surface area contributed by atoms with E-state index in [1.807, 2.05) is 0 Å². The van der Waals surface area contributed by atoms with E-state index in [1.54, 1.807) is 9.80 Å². The van der Waals surface area contributed by atoms with Crippen LogP contribution in [0, 0.1) is 0 Å². The van der Waals surface area contributed by atoms with Crippen LogP contribution in [-0.2, 0) is 9.37 Å². The average molecular weight is 408 g/mol. The van der Waals surface area contributed by atoms with Gasteiger partial charge in [0, 0.05) is 44.4 Å². The van der Waals surface area contributed by atoms with Gasteiger partial charge in [-0.25, -0.2) is 10.2 Å². The molecular weight excluding hydrogens is 384 g/mol. The van der Waals surface area contributed by atoms with Gasteiger partial charge >= 0.3 is 0 Å². The van der Waals surface area contributed by atoms with Crippen LogP contribution in [0.15, 0.2) is 4.99 Å². The molecule has 0 aliphatic carbocycles. The number of anilines is 2. The molecule has 0 atom stereocenters. The summed E-state index contributed by atoms with van der Waals surface area (Å²) < 4.78 is 4.22. The summed E-state index contributed by atoms with van der Waals surface area (Å²) in [5, 5.41) is 48.4. The predicted molar refractivity (Wildman–Crippen MR) is 98.0 cm³/mol. The molecule has 0 unspecified atom stereocenters. The Bertz CT molecular complexity index is 510. The zero-order chi connectivity index (χ0) is 19.9. The Morgan fingerprint density at radius 1 is 0.852 bits per heavy atom. The number of aliphatic hydroxyl groups is 4. The molecule has 0 aromatic carbocycles. The topological polar surface area (TPSA) is 177 Å². The fraction of sp³-hybridized carbons (Fsp3) is 0.692. The lowest BCUT2D eigenvalue weighted by Gasteiger charge is -2.24. The van der Waals surface area contributed by atoms with Crippen LogP contribution in [-0.4, -0.2) is 105 Å². The predicted octanol–water partition coefficient (Wildman–Crippen LogP) is -1.77. The number of hydrogen-bond acceptors (Lipinski definition) is 14. The van der Waals surface area contributed by atoms with Crippen LogP contribution in [0.25, 0.3) is 0 Å². The molecule has 1 aromatic heterocycles. The molecule has 1 heterocycles. The van der Waals surface area contributed by atoms with Gasteiger partial charge in [-0.3, -0.25) is 0 Å². The molecule has 14 heteroatoms. The number of rotatable bonds is 15. The second-order valence-corrected chi connectivity index (χ2v) is 5.55. The smallest absolute Gasteiger partial charge is 0.255 e. The highest BCUT2D eigenvalue weighted by Gasteiger charge is 2.16. The summed E-state index contributed by atoms with van der Waals surface area (Å²) in [6.45, 7) is 0.0415. The average Bonchev–Trinajstić information content (AvgIpc) is 2.67. The minimum Gasteiger partial charge on any atom is -0.395 e. The molecule has 13 nitrogen and oxygen atoms in total. The minimum absolute atomic E-state index is 0.0438. The fourth-order valence-electron chi connectivity index (χ4n) is 1.99. The van der Waals surface area contributed by atoms with Gasteiger partial charge < -0.3 is 30.2 Å². The first-order chi connectivity index (χ1) is 13.2. The Labute approximate surface area is 160 Å². The second-order valence-electron chi connectivity index (χ2n) is 4.84. The van der Waals surface area contributed by atoms with Crippen molar-refractivity contribution in [2.75, 3.05) is 68.2 Å². The lowest BCUT2D eigenvalue weighted by Crippen LogP contribution is -2.34. The third-order valence-corrected chi connectivity index (χ3v) is 3.52. The normalized spacial score (nSPS) is 11.3. The van der Waals surface area contributed by atoms with Crippen molar-refractivity contribution in [3.63, 3.8) is 0 Å². The third kappa shape index (κ3) is 8.72. The molecule has 0 saturated heterocycles. The summed E-state index contributed by atoms with van der Waals surface area (Å²) in [5.41, 5.74) is 0. The summed E-state index contributed by atoms with van der Waals surface area (Å²) in [7, 11) is 0. The molecule has 0 spiro atoms. The second kappa shape index (κ2) is 14.4. The molecule has 0 aliphatic heterocycles. The Morgan fingerprint density at radius 3 is 1.74 bits per heavy atom. The number of aromatic nitrogens is 3. The van der Waals surface area contributed by atoms with Crippen molar-refractivity contribution in [2.45, 2.75) is 0 Å². The quantitative estimate of drug-likeness (QED) is 0.0724. The van der Waals surface area contributed by atoms with E-state index >= 15 is 0 Å². The van der Waals surface area contributed by atoms with Crippen molar-refractivity contribution >= 4 is 36.1 Å². The number of hydrogen-bond donors (Lipinski definition) is 5. The first kappa shape index (κ1) is 23.4. The van der Waals surface area contributed by atoms with Crippen molar-refractivity contribution in [2.24, 2.45) is 4.99 Å². The maximum absolute atomic E-state index is 9.22. The third-order valence-electron chi connectivity index (χ3n) is 3.07. The molecule has 154 valence electrons. The number of aliphatic hydroxyl groups excluding tert-OH is 4. The van der Waals surface area contributed by atoms with E-state index in [1.165, 1.54) is 6.21 Å². The lowest BCUT2D eigenvalue weighted by atomic mass is 10.5. The Kier molecular flexibility index (Phi) is 12.5. The largest absolute Gasteiger partial charge is 0.395 e. The molecule has 5 N–H and O–H groups in total. The maximum Gasteiger partial charge on any atom is 0.255 e. The molecule has 0 radical (unpaired) electrons. The van der Waals surface area contributed by atoms with Crippen molar-refractivity contribution in [1.29, 1.82) is 0 Å². The Morgan fingerprint density at radius 2 is 1.33 bits per heavy atom. The Hall–Kier alpha value is -1.65. The molecule has 1 rings (SSSR count). The van der Waals surface area contributed by atoms with Crippen LogP contribution in [0.5, 0.6) is 0 Å². The summed E-state index contributed by atoms with van der Waals surface area (Å²) >= 11 is 0.780. The van der Waals surface area contributed by atoms with Gasteiger partial charge in [-0.05, 0) is 0 Å². The molecule has 0 aliphatic rings. The Balaban J connectivity index is 3.15. The van der Waals surface area contributed by atoms with Crippen molar-refractivity contribution in [1.82, 2.24) is 15.0 Å². The van der Waals surface area contributed by atoms with E-state index in [4.69, 9.17) is 5.26 Å². The van der Waals surface area contributed by atoms with Crippen LogP contribution >= 0.6 is 12.0 Å². The maximum atomic E-state index is 9.22. The highest BCUT2D eigenvalue weighted by Crippen LogP contribution is 2.18. The molecule has 27 heavy (non-hydrogen) atoms. The van der Waals surface area contributed by atoms with Crippen molar-refractivity contribution < 1.29 is 35.1 Å². The van der Waals surface area contributed by atoms with Gasteiger partial charge in [0.2, 0.25) is 11.9 Å². The first-order valence-corrected chi connectivity index (χ1v) is 8.92. The van der Waals surface area contributed by atoms with Crippen LogP contribution in [0.1, 0.15) is 0 Å². The molecule has 0 bridgehead atoms. The summed E-state index contributed by atoms with van der Waals surface area (Å²) in [4.78, 5) is 19.9. The van der Waals surface area contributed by atoms with Crippen LogP contribution in [0.4, 0.5) is 17.8 Å². The SMILES string of the molecule is OCCN(CCO)c1nc(N=CCSOOO)nc(N(CCO)CCO)n1. The van der Waals surface area contributed by atoms with Crippen molar-refractivity contribution in [3.05, 3.63) is 0 Å². The summed E-state index contributed by atoms with van der Waals surface area (Å²) in [6.07, 6.45) is 1.41. The van der Waals surface area contributed by atoms with Gasteiger partial charge in [-0.1, -0.05) is 5.04 Å². The van der Waals surface area contributed by atoms with Gasteiger partial charge in [0.1, 0.15) is 0 Å². The van der Waals surface area contributed by atoms with Gasteiger partial charge in [-0.2, -0.15) is 15.0 Å². The highest BCUT2D eigenvalue weighted by atomic mass is 32.2. The van der Waals surface area contributed by atoms with Crippen molar-refractivity contribution in [3.8, 4) is 0 Å². The monoisotopic (exact) mass is 408 g/mol. The van der Waals surface area contributed by atoms with Crippen LogP contribution < -0.4 is 9.80 Å². The first-order valence-electron chi connectivity index (χ1n) is 8.01.